The summed E-state index contributed by atoms with van der Waals surface area (Å²) < 4.78 is 2.02. The van der Waals surface area contributed by atoms with Crippen LogP contribution in [-0.2, 0) is 0 Å². The van der Waals surface area contributed by atoms with E-state index >= 15 is 0 Å². The van der Waals surface area contributed by atoms with Gasteiger partial charge in [0.05, 0.1) is 12.6 Å². The highest BCUT2D eigenvalue weighted by atomic mass is 15.3. The maximum atomic E-state index is 4.30. The van der Waals surface area contributed by atoms with E-state index in [0.717, 1.165) is 11.5 Å². The molecule has 2 heterocycles. The van der Waals surface area contributed by atoms with Crippen molar-refractivity contribution in [1.29, 1.82) is 0 Å². The first-order valence-electron chi connectivity index (χ1n) is 6.16. The first-order chi connectivity index (χ1) is 8.74. The van der Waals surface area contributed by atoms with E-state index in [4.69, 9.17) is 0 Å². The van der Waals surface area contributed by atoms with Crippen molar-refractivity contribution in [2.24, 2.45) is 5.92 Å². The van der Waals surface area contributed by atoms with Gasteiger partial charge in [0.25, 0.3) is 0 Å². The highest BCUT2D eigenvalue weighted by molar-refractivity contribution is 5.37. The normalized spacial score (nSPS) is 12.4. The Kier molecular flexibility index (Phi) is 3.96. The van der Waals surface area contributed by atoms with Crippen molar-refractivity contribution in [3.63, 3.8) is 0 Å². The Labute approximate surface area is 107 Å². The lowest BCUT2D eigenvalue weighted by molar-refractivity contribution is 0.409. The van der Waals surface area contributed by atoms with Gasteiger partial charge in [-0.25, -0.2) is 0 Å². The molecule has 1 atom stereocenters. The summed E-state index contributed by atoms with van der Waals surface area (Å²) in [5, 5.41) is 11.9. The molecule has 0 fully saturated rings. The molecule has 18 heavy (non-hydrogen) atoms. The monoisotopic (exact) mass is 242 g/mol. The van der Waals surface area contributed by atoms with E-state index < -0.39 is 0 Å². The summed E-state index contributed by atoms with van der Waals surface area (Å²) in [7, 11) is 0. The smallest absolute Gasteiger partial charge is 0.160 e. The topological polar surface area (TPSA) is 42.2 Å². The maximum absolute atomic E-state index is 4.30. The summed E-state index contributed by atoms with van der Waals surface area (Å²) in [6.07, 6.45) is 1.99. The minimum absolute atomic E-state index is 0.156. The molecule has 4 heteroatoms. The van der Waals surface area contributed by atoms with Crippen LogP contribution < -0.4 is 5.32 Å². The molecule has 0 bridgehead atoms. The fourth-order valence-electron chi connectivity index (χ4n) is 1.95. The standard InChI is InChI=1S/C14H18N4/c1-4-5-9-15-13(11(2)3)14-17-16-12-8-6-7-10-18(12)14/h6-8,10-11,13,15H,9H2,1-3H3/t13-/m1/s1. The second kappa shape index (κ2) is 5.65. The van der Waals surface area contributed by atoms with Crippen LogP contribution in [0.1, 0.15) is 32.6 Å². The zero-order valence-corrected chi connectivity index (χ0v) is 11.0. The molecule has 0 spiro atoms. The molecule has 0 aliphatic rings. The molecule has 2 rings (SSSR count). The second-order valence-corrected chi connectivity index (χ2v) is 4.52. The fourth-order valence-corrected chi connectivity index (χ4v) is 1.95. The zero-order valence-electron chi connectivity index (χ0n) is 11.0. The molecule has 94 valence electrons. The van der Waals surface area contributed by atoms with E-state index in [1.165, 1.54) is 0 Å². The molecule has 2 aromatic heterocycles. The highest BCUT2D eigenvalue weighted by Gasteiger charge is 2.20. The van der Waals surface area contributed by atoms with Gasteiger partial charge in [0.15, 0.2) is 11.5 Å². The Balaban J connectivity index is 2.31. The summed E-state index contributed by atoms with van der Waals surface area (Å²) in [4.78, 5) is 0. The lowest BCUT2D eigenvalue weighted by Crippen LogP contribution is -2.28. The van der Waals surface area contributed by atoms with Crippen molar-refractivity contribution in [3.05, 3.63) is 30.2 Å². The molecule has 0 radical (unpaired) electrons. The van der Waals surface area contributed by atoms with Crippen LogP contribution in [0.3, 0.4) is 0 Å². The van der Waals surface area contributed by atoms with Crippen LogP contribution in [0.25, 0.3) is 5.65 Å². The first-order valence-corrected chi connectivity index (χ1v) is 6.16. The van der Waals surface area contributed by atoms with Gasteiger partial charge in [0.2, 0.25) is 0 Å². The predicted molar refractivity (Wildman–Crippen MR) is 72.0 cm³/mol. The number of aromatic nitrogens is 3. The van der Waals surface area contributed by atoms with E-state index in [-0.39, 0.29) is 6.04 Å². The molecular weight excluding hydrogens is 224 g/mol. The van der Waals surface area contributed by atoms with Crippen LogP contribution in [0.5, 0.6) is 0 Å². The van der Waals surface area contributed by atoms with Gasteiger partial charge in [0.1, 0.15) is 0 Å². The third-order valence-corrected chi connectivity index (χ3v) is 2.87. The van der Waals surface area contributed by atoms with Crippen LogP contribution in [-0.4, -0.2) is 21.1 Å². The SMILES string of the molecule is CC#CCN[C@@H](c1nnc2ccccn12)C(C)C. The Morgan fingerprint density at radius 3 is 2.89 bits per heavy atom. The maximum Gasteiger partial charge on any atom is 0.160 e. The number of nitrogens with zero attached hydrogens (tertiary/aromatic N) is 3. The van der Waals surface area contributed by atoms with E-state index in [1.807, 2.05) is 35.7 Å². The number of pyridine rings is 1. The van der Waals surface area contributed by atoms with Crippen LogP contribution in [0.4, 0.5) is 0 Å². The van der Waals surface area contributed by atoms with Crippen LogP contribution in [0.15, 0.2) is 24.4 Å². The van der Waals surface area contributed by atoms with Gasteiger partial charge >= 0.3 is 0 Å². The summed E-state index contributed by atoms with van der Waals surface area (Å²) in [5.41, 5.74) is 0.876. The van der Waals surface area contributed by atoms with Crippen LogP contribution in [0, 0.1) is 17.8 Å². The molecule has 0 aliphatic heterocycles. The Morgan fingerprint density at radius 1 is 1.33 bits per heavy atom. The largest absolute Gasteiger partial charge is 0.296 e. The molecule has 0 saturated heterocycles. The third kappa shape index (κ3) is 2.52. The van der Waals surface area contributed by atoms with Crippen molar-refractivity contribution < 1.29 is 0 Å². The average molecular weight is 242 g/mol. The minimum Gasteiger partial charge on any atom is -0.296 e. The number of hydrogen-bond donors (Lipinski definition) is 1. The quantitative estimate of drug-likeness (QED) is 0.834. The molecule has 1 N–H and O–H groups in total. The molecule has 4 nitrogen and oxygen atoms in total. The average Bonchev–Trinajstić information content (AvgIpc) is 2.78. The summed E-state index contributed by atoms with van der Waals surface area (Å²) in [5.74, 6) is 7.28. The Hall–Kier alpha value is -1.86. The molecule has 2 aromatic rings. The van der Waals surface area contributed by atoms with Gasteiger partial charge in [-0.3, -0.25) is 9.72 Å². The summed E-state index contributed by atoms with van der Waals surface area (Å²) >= 11 is 0. The number of fused-ring (bicyclic) bond motifs is 1. The molecule has 0 amide bonds. The Bertz CT molecular complexity index is 574. The minimum atomic E-state index is 0.156. The van der Waals surface area contributed by atoms with Crippen molar-refractivity contribution in [1.82, 2.24) is 19.9 Å². The lowest BCUT2D eigenvalue weighted by Gasteiger charge is -2.19. The predicted octanol–water partition coefficient (Wildman–Crippen LogP) is 2.04. The Morgan fingerprint density at radius 2 is 2.17 bits per heavy atom. The molecule has 0 unspecified atom stereocenters. The second-order valence-electron chi connectivity index (χ2n) is 4.52. The summed E-state index contributed by atoms with van der Waals surface area (Å²) in [6, 6.07) is 6.07. The number of rotatable bonds is 4. The molecule has 0 aromatic carbocycles. The van der Waals surface area contributed by atoms with E-state index in [0.29, 0.717) is 12.5 Å². The zero-order chi connectivity index (χ0) is 13.0. The molecule has 0 aliphatic carbocycles. The van der Waals surface area contributed by atoms with Crippen LogP contribution in [0.2, 0.25) is 0 Å². The van der Waals surface area contributed by atoms with Gasteiger partial charge in [-0.15, -0.1) is 16.1 Å². The van der Waals surface area contributed by atoms with Gasteiger partial charge in [-0.2, -0.15) is 0 Å². The van der Waals surface area contributed by atoms with Crippen molar-refractivity contribution >= 4 is 5.65 Å². The van der Waals surface area contributed by atoms with Crippen molar-refractivity contribution in [2.75, 3.05) is 6.54 Å². The van der Waals surface area contributed by atoms with Gasteiger partial charge < -0.3 is 0 Å². The van der Waals surface area contributed by atoms with Gasteiger partial charge in [-0.05, 0) is 25.0 Å². The molecule has 0 saturated carbocycles. The number of nitrogens with one attached hydrogen (secondary N) is 1. The third-order valence-electron chi connectivity index (χ3n) is 2.87. The van der Waals surface area contributed by atoms with Crippen LogP contribution >= 0.6 is 0 Å². The fraction of sp³-hybridized carbons (Fsp3) is 0.429. The molecular formula is C14H18N4. The van der Waals surface area contributed by atoms with Gasteiger partial charge in [-0.1, -0.05) is 25.8 Å². The van der Waals surface area contributed by atoms with E-state index in [1.54, 1.807) is 0 Å². The number of hydrogen-bond acceptors (Lipinski definition) is 3. The summed E-state index contributed by atoms with van der Waals surface area (Å²) in [6.45, 7) is 6.85. The van der Waals surface area contributed by atoms with E-state index in [9.17, 15) is 0 Å². The van der Waals surface area contributed by atoms with Gasteiger partial charge in [0, 0.05) is 6.20 Å². The van der Waals surface area contributed by atoms with Crippen molar-refractivity contribution in [3.8, 4) is 11.8 Å². The van der Waals surface area contributed by atoms with Crippen molar-refractivity contribution in [2.45, 2.75) is 26.8 Å². The van der Waals surface area contributed by atoms with E-state index in [2.05, 4.69) is 41.2 Å². The first kappa shape index (κ1) is 12.6. The highest BCUT2D eigenvalue weighted by Crippen LogP contribution is 2.20. The lowest BCUT2D eigenvalue weighted by atomic mass is 10.0.